The van der Waals surface area contributed by atoms with Crippen molar-refractivity contribution in [3.05, 3.63) is 59.9 Å². The van der Waals surface area contributed by atoms with Gasteiger partial charge < -0.3 is 11.1 Å². The number of rotatable bonds is 6. The average molecular weight is 269 g/mol. The first kappa shape index (κ1) is 14.2. The molecular weight excluding hydrogens is 250 g/mol. The van der Waals surface area contributed by atoms with Gasteiger partial charge in [-0.15, -0.1) is 0 Å². The Hall–Kier alpha value is -2.20. The lowest BCUT2D eigenvalue weighted by Gasteiger charge is -2.06. The van der Waals surface area contributed by atoms with Crippen LogP contribution in [0.15, 0.2) is 48.8 Å². The van der Waals surface area contributed by atoms with Gasteiger partial charge in [0.05, 0.1) is 0 Å². The van der Waals surface area contributed by atoms with E-state index in [-0.39, 0.29) is 5.91 Å². The van der Waals surface area contributed by atoms with Crippen LogP contribution in [0.2, 0.25) is 0 Å². The molecule has 0 atom stereocenters. The van der Waals surface area contributed by atoms with Crippen LogP contribution in [-0.2, 0) is 6.42 Å². The summed E-state index contributed by atoms with van der Waals surface area (Å²) in [6, 6.07) is 11.2. The van der Waals surface area contributed by atoms with Gasteiger partial charge in [-0.3, -0.25) is 9.78 Å². The van der Waals surface area contributed by atoms with Crippen molar-refractivity contribution in [2.75, 3.05) is 11.9 Å². The number of aryl methyl sites for hydroxylation is 1. The minimum atomic E-state index is -0.107. The fourth-order valence-electron chi connectivity index (χ4n) is 1.93. The Morgan fingerprint density at radius 2 is 1.75 bits per heavy atom. The minimum absolute atomic E-state index is 0.107. The van der Waals surface area contributed by atoms with Crippen molar-refractivity contribution in [2.24, 2.45) is 5.73 Å². The highest BCUT2D eigenvalue weighted by Crippen LogP contribution is 2.10. The van der Waals surface area contributed by atoms with Crippen molar-refractivity contribution in [3.8, 4) is 0 Å². The molecule has 0 aliphatic heterocycles. The van der Waals surface area contributed by atoms with Crippen LogP contribution in [0.4, 0.5) is 5.69 Å². The molecule has 0 saturated carbocycles. The number of hydrogen-bond acceptors (Lipinski definition) is 3. The van der Waals surface area contributed by atoms with Crippen LogP contribution < -0.4 is 11.1 Å². The lowest BCUT2D eigenvalue weighted by Crippen LogP contribution is -2.11. The van der Waals surface area contributed by atoms with Gasteiger partial charge in [-0.1, -0.05) is 12.1 Å². The molecule has 20 heavy (non-hydrogen) atoms. The van der Waals surface area contributed by atoms with Crippen LogP contribution in [0.3, 0.4) is 0 Å². The Kier molecular flexibility index (Phi) is 5.26. The van der Waals surface area contributed by atoms with Gasteiger partial charge in [0.1, 0.15) is 0 Å². The Bertz CT molecular complexity index is 537. The molecule has 0 bridgehead atoms. The summed E-state index contributed by atoms with van der Waals surface area (Å²) in [6.45, 7) is 0.729. The van der Waals surface area contributed by atoms with Crippen molar-refractivity contribution in [1.29, 1.82) is 0 Å². The number of carbonyl (C=O) groups is 1. The maximum Gasteiger partial charge on any atom is 0.255 e. The summed E-state index contributed by atoms with van der Waals surface area (Å²) in [5.74, 6) is -0.107. The number of nitrogens with two attached hydrogens (primary N) is 1. The topological polar surface area (TPSA) is 68.0 Å². The summed E-state index contributed by atoms with van der Waals surface area (Å²) < 4.78 is 0. The van der Waals surface area contributed by atoms with Crippen molar-refractivity contribution in [2.45, 2.75) is 19.3 Å². The zero-order chi connectivity index (χ0) is 14.2. The molecule has 1 heterocycles. The number of pyridine rings is 1. The number of nitrogens with zero attached hydrogens (tertiary/aromatic N) is 1. The van der Waals surface area contributed by atoms with E-state index in [1.165, 1.54) is 5.56 Å². The maximum absolute atomic E-state index is 12.0. The molecule has 1 aromatic carbocycles. The van der Waals surface area contributed by atoms with Crippen molar-refractivity contribution in [3.63, 3.8) is 0 Å². The molecule has 0 unspecified atom stereocenters. The van der Waals surface area contributed by atoms with Crippen LogP contribution >= 0.6 is 0 Å². The first-order chi connectivity index (χ1) is 9.79. The first-order valence-corrected chi connectivity index (χ1v) is 6.80. The van der Waals surface area contributed by atoms with E-state index in [1.54, 1.807) is 24.5 Å². The molecule has 1 aromatic heterocycles. The van der Waals surface area contributed by atoms with Gasteiger partial charge in [-0.2, -0.15) is 0 Å². The maximum atomic E-state index is 12.0. The third-order valence-corrected chi connectivity index (χ3v) is 3.07. The first-order valence-electron chi connectivity index (χ1n) is 6.80. The van der Waals surface area contributed by atoms with E-state index < -0.39 is 0 Å². The summed E-state index contributed by atoms with van der Waals surface area (Å²) in [5, 5.41) is 2.83. The van der Waals surface area contributed by atoms with Gasteiger partial charge in [-0.25, -0.2) is 0 Å². The highest BCUT2D eigenvalue weighted by Gasteiger charge is 2.05. The van der Waals surface area contributed by atoms with E-state index >= 15 is 0 Å². The number of carbonyl (C=O) groups excluding carboxylic acids is 1. The average Bonchev–Trinajstić information content (AvgIpc) is 2.49. The standard InChI is InChI=1S/C16H19N3O/c17-10-2-1-3-13-4-6-14(7-5-13)16(20)19-15-8-11-18-12-9-15/h4-9,11-12H,1-3,10,17H2,(H,18,19,20). The second-order valence-electron chi connectivity index (χ2n) is 4.63. The molecule has 2 aromatic rings. The number of aromatic nitrogens is 1. The van der Waals surface area contributed by atoms with Crippen molar-refractivity contribution in [1.82, 2.24) is 4.98 Å². The van der Waals surface area contributed by atoms with Gasteiger partial charge in [-0.05, 0) is 55.6 Å². The van der Waals surface area contributed by atoms with Gasteiger partial charge in [0.25, 0.3) is 5.91 Å². The number of nitrogens with one attached hydrogen (secondary N) is 1. The lowest BCUT2D eigenvalue weighted by atomic mass is 10.1. The highest BCUT2D eigenvalue weighted by atomic mass is 16.1. The lowest BCUT2D eigenvalue weighted by molar-refractivity contribution is 0.102. The molecule has 4 nitrogen and oxygen atoms in total. The van der Waals surface area contributed by atoms with Gasteiger partial charge in [0.15, 0.2) is 0 Å². The summed E-state index contributed by atoms with van der Waals surface area (Å²) in [6.07, 6.45) is 6.42. The molecule has 4 heteroatoms. The number of anilines is 1. The SMILES string of the molecule is NCCCCc1ccc(C(=O)Nc2ccncc2)cc1. The third-order valence-electron chi connectivity index (χ3n) is 3.07. The molecule has 104 valence electrons. The second-order valence-corrected chi connectivity index (χ2v) is 4.63. The van der Waals surface area contributed by atoms with Crippen LogP contribution in [-0.4, -0.2) is 17.4 Å². The van der Waals surface area contributed by atoms with E-state index in [9.17, 15) is 4.79 Å². The molecule has 0 aliphatic carbocycles. The summed E-state index contributed by atoms with van der Waals surface area (Å²) in [7, 11) is 0. The predicted octanol–water partition coefficient (Wildman–Crippen LogP) is 2.62. The van der Waals surface area contributed by atoms with Crippen LogP contribution in [0, 0.1) is 0 Å². The fraction of sp³-hybridized carbons (Fsp3) is 0.250. The third kappa shape index (κ3) is 4.17. The zero-order valence-corrected chi connectivity index (χ0v) is 11.4. The van der Waals surface area contributed by atoms with Crippen LogP contribution in [0.5, 0.6) is 0 Å². The molecular formula is C16H19N3O. The van der Waals surface area contributed by atoms with E-state index in [1.807, 2.05) is 24.3 Å². The molecule has 3 N–H and O–H groups in total. The quantitative estimate of drug-likeness (QED) is 0.792. The van der Waals surface area contributed by atoms with E-state index in [2.05, 4.69) is 10.3 Å². The van der Waals surface area contributed by atoms with Crippen molar-refractivity contribution < 1.29 is 4.79 Å². The monoisotopic (exact) mass is 269 g/mol. The second kappa shape index (κ2) is 7.40. The number of hydrogen-bond donors (Lipinski definition) is 2. The molecule has 0 aliphatic rings. The number of unbranched alkanes of at least 4 members (excludes halogenated alkanes) is 1. The minimum Gasteiger partial charge on any atom is -0.330 e. The smallest absolute Gasteiger partial charge is 0.255 e. The largest absolute Gasteiger partial charge is 0.330 e. The molecule has 2 rings (SSSR count). The van der Waals surface area contributed by atoms with Crippen molar-refractivity contribution >= 4 is 11.6 Å². The number of amides is 1. The number of benzene rings is 1. The van der Waals surface area contributed by atoms with Crippen LogP contribution in [0.1, 0.15) is 28.8 Å². The highest BCUT2D eigenvalue weighted by molar-refractivity contribution is 6.04. The van der Waals surface area contributed by atoms with E-state index in [0.717, 1.165) is 31.5 Å². The normalized spacial score (nSPS) is 10.2. The Morgan fingerprint density at radius 1 is 1.05 bits per heavy atom. The fourth-order valence-corrected chi connectivity index (χ4v) is 1.93. The summed E-state index contributed by atoms with van der Waals surface area (Å²) in [4.78, 5) is 16.0. The molecule has 0 spiro atoms. The molecule has 0 radical (unpaired) electrons. The molecule has 0 fully saturated rings. The Morgan fingerprint density at radius 3 is 2.40 bits per heavy atom. The molecule has 1 amide bonds. The molecule has 0 saturated heterocycles. The Labute approximate surface area is 119 Å². The van der Waals surface area contributed by atoms with Gasteiger partial charge in [0, 0.05) is 23.6 Å². The summed E-state index contributed by atoms with van der Waals surface area (Å²) in [5.41, 5.74) is 8.11. The predicted molar refractivity (Wildman–Crippen MR) is 80.6 cm³/mol. The Balaban J connectivity index is 1.94. The van der Waals surface area contributed by atoms with Gasteiger partial charge in [0.2, 0.25) is 0 Å². The summed E-state index contributed by atoms with van der Waals surface area (Å²) >= 11 is 0. The van der Waals surface area contributed by atoms with E-state index in [0.29, 0.717) is 5.56 Å². The van der Waals surface area contributed by atoms with Gasteiger partial charge >= 0.3 is 0 Å². The zero-order valence-electron chi connectivity index (χ0n) is 11.4. The van der Waals surface area contributed by atoms with E-state index in [4.69, 9.17) is 5.73 Å². The van der Waals surface area contributed by atoms with Crippen LogP contribution in [0.25, 0.3) is 0 Å².